The number of carbonyl (C=O) groups excluding carboxylic acids is 6. The predicted octanol–water partition coefficient (Wildman–Crippen LogP) is 1.22. The average molecular weight is 730 g/mol. The minimum absolute atomic E-state index is 0.110. The van der Waals surface area contributed by atoms with Crippen LogP contribution in [0.5, 0.6) is 0 Å². The molecule has 2 fully saturated rings. The second kappa shape index (κ2) is 18.3. The fraction of sp³-hybridized carbons (Fsp3) is 0.447. The number of fused-ring (bicyclic) bond motifs is 1. The van der Waals surface area contributed by atoms with Gasteiger partial charge in [0.05, 0.1) is 6.10 Å². The van der Waals surface area contributed by atoms with Crippen LogP contribution in [-0.4, -0.2) is 100 Å². The van der Waals surface area contributed by atoms with Gasteiger partial charge in [-0.2, -0.15) is 0 Å². The number of aliphatic hydroxyl groups excluding tert-OH is 1. The second-order valence-corrected chi connectivity index (χ2v) is 13.4. The highest BCUT2D eigenvalue weighted by molar-refractivity contribution is 5.98. The maximum atomic E-state index is 14.0. The van der Waals surface area contributed by atoms with Crippen LogP contribution in [0, 0.1) is 0 Å². The first kappa shape index (κ1) is 38.7. The van der Waals surface area contributed by atoms with Gasteiger partial charge < -0.3 is 41.1 Å². The molecule has 3 heterocycles. The first-order chi connectivity index (χ1) is 25.5. The number of nitrogens with one attached hydrogen (secondary N) is 5. The van der Waals surface area contributed by atoms with E-state index in [-0.39, 0.29) is 37.5 Å². The summed E-state index contributed by atoms with van der Waals surface area (Å²) >= 11 is 0. The average Bonchev–Trinajstić information content (AvgIpc) is 3.86. The van der Waals surface area contributed by atoms with Crippen molar-refractivity contribution in [2.45, 2.75) is 95.1 Å². The maximum Gasteiger partial charge on any atom is 0.290 e. The molecule has 0 saturated carbocycles. The van der Waals surface area contributed by atoms with Gasteiger partial charge in [-0.3, -0.25) is 28.8 Å². The molecule has 0 bridgehead atoms. The summed E-state index contributed by atoms with van der Waals surface area (Å²) < 4.78 is 5.29. The van der Waals surface area contributed by atoms with Crippen molar-refractivity contribution < 1.29 is 38.4 Å². The van der Waals surface area contributed by atoms with Gasteiger partial charge >= 0.3 is 0 Å². The van der Waals surface area contributed by atoms with Gasteiger partial charge in [-0.1, -0.05) is 72.7 Å². The minimum Gasteiger partial charge on any atom is -0.391 e. The molecule has 0 unspecified atom stereocenters. The summed E-state index contributed by atoms with van der Waals surface area (Å²) in [5, 5.41) is 28.1. The van der Waals surface area contributed by atoms with Crippen LogP contribution in [-0.2, 0) is 30.4 Å². The van der Waals surface area contributed by atoms with E-state index in [1.807, 2.05) is 48.5 Å². The van der Waals surface area contributed by atoms with E-state index in [9.17, 15) is 33.9 Å². The zero-order chi connectivity index (χ0) is 37.9. The molecule has 2 aliphatic rings. The van der Waals surface area contributed by atoms with E-state index in [0.29, 0.717) is 37.9 Å². The molecule has 53 heavy (non-hydrogen) atoms. The van der Waals surface area contributed by atoms with Crippen LogP contribution in [0.1, 0.15) is 68.5 Å². The lowest BCUT2D eigenvalue weighted by molar-refractivity contribution is -0.142. The van der Waals surface area contributed by atoms with Gasteiger partial charge in [-0.05, 0) is 51.0 Å². The lowest BCUT2D eigenvalue weighted by atomic mass is 10.0. The summed E-state index contributed by atoms with van der Waals surface area (Å²) in [6, 6.07) is 14.1. The molecule has 282 valence electrons. The van der Waals surface area contributed by atoms with Gasteiger partial charge in [0.2, 0.25) is 35.3 Å². The highest BCUT2D eigenvalue weighted by Crippen LogP contribution is 2.21. The lowest BCUT2D eigenvalue weighted by Gasteiger charge is -2.30. The van der Waals surface area contributed by atoms with Gasteiger partial charge in [0.15, 0.2) is 0 Å². The number of hydrogen-bond acceptors (Lipinski definition) is 9. The number of nitrogens with zero attached hydrogens (tertiary/aromatic N) is 2. The third-order valence-electron chi connectivity index (χ3n) is 9.48. The highest BCUT2D eigenvalue weighted by atomic mass is 16.5. The van der Waals surface area contributed by atoms with Gasteiger partial charge in [-0.25, -0.2) is 0 Å². The van der Waals surface area contributed by atoms with Crippen LogP contribution in [0.3, 0.4) is 0 Å². The molecule has 2 aliphatic heterocycles. The number of rotatable bonds is 7. The third kappa shape index (κ3) is 10.1. The Morgan fingerprint density at radius 3 is 2.28 bits per heavy atom. The topological polar surface area (TPSA) is 212 Å². The molecule has 15 nitrogen and oxygen atoms in total. The van der Waals surface area contributed by atoms with Crippen molar-refractivity contribution >= 4 is 35.4 Å². The molecule has 0 spiro atoms. The number of hydrogen-bond donors (Lipinski definition) is 6. The molecule has 6 atom stereocenters. The summed E-state index contributed by atoms with van der Waals surface area (Å²) in [4.78, 5) is 83.1. The Morgan fingerprint density at radius 2 is 1.58 bits per heavy atom. The summed E-state index contributed by atoms with van der Waals surface area (Å²) in [6.07, 6.45) is 0.888. The molecule has 15 heteroatoms. The zero-order valence-corrected chi connectivity index (χ0v) is 29.9. The van der Waals surface area contributed by atoms with E-state index in [0.717, 1.165) is 11.1 Å². The van der Waals surface area contributed by atoms with Crippen LogP contribution >= 0.6 is 0 Å². The van der Waals surface area contributed by atoms with Gasteiger partial charge in [0, 0.05) is 31.1 Å². The molecule has 2 aromatic carbocycles. The number of carbonyl (C=O) groups is 6. The SMILES string of the molecule is CC[C@@H]1NC(=O)[C@@H](NC(=O)c2cc(-c3ccccc3)no2)CCCCNC(=O)[C@@H]2CCCN2C(=O)[C@@H](Cc2ccccc2)NC(=O)[C@H]([C@@H](C)O)NC1=O. The van der Waals surface area contributed by atoms with Crippen molar-refractivity contribution in [2.75, 3.05) is 13.1 Å². The van der Waals surface area contributed by atoms with E-state index < -0.39 is 65.8 Å². The molecule has 6 amide bonds. The smallest absolute Gasteiger partial charge is 0.290 e. The van der Waals surface area contributed by atoms with E-state index in [1.54, 1.807) is 19.1 Å². The first-order valence-corrected chi connectivity index (χ1v) is 18.1. The van der Waals surface area contributed by atoms with Gasteiger partial charge in [0.1, 0.15) is 35.9 Å². The molecule has 3 aromatic rings. The third-order valence-corrected chi connectivity index (χ3v) is 9.48. The van der Waals surface area contributed by atoms with Crippen molar-refractivity contribution in [3.63, 3.8) is 0 Å². The Morgan fingerprint density at radius 1 is 0.887 bits per heavy atom. The molecule has 5 rings (SSSR count). The number of aliphatic hydroxyl groups is 1. The Labute approximate surface area is 307 Å². The van der Waals surface area contributed by atoms with Crippen LogP contribution < -0.4 is 26.6 Å². The number of amides is 6. The Bertz CT molecular complexity index is 1750. The Balaban J connectivity index is 1.38. The van der Waals surface area contributed by atoms with Crippen LogP contribution in [0.25, 0.3) is 11.3 Å². The van der Waals surface area contributed by atoms with E-state index in [1.165, 1.54) is 17.9 Å². The normalized spacial score (nSPS) is 24.3. The predicted molar refractivity (Wildman–Crippen MR) is 193 cm³/mol. The lowest BCUT2D eigenvalue weighted by Crippen LogP contribution is -2.61. The summed E-state index contributed by atoms with van der Waals surface area (Å²) in [7, 11) is 0. The van der Waals surface area contributed by atoms with Crippen LogP contribution in [0.4, 0.5) is 0 Å². The zero-order valence-electron chi connectivity index (χ0n) is 29.9. The summed E-state index contributed by atoms with van der Waals surface area (Å²) in [5.41, 5.74) is 1.93. The standard InChI is InChI=1S/C38H47N7O8/c1-3-26-33(47)43-32(23(2)46)37(51)42-29(21-24-13-6-4-7-14-24)38(52)45-20-12-18-30(45)35(49)39-19-11-10-17-27(34(48)40-26)41-36(50)31-22-28(44-53-31)25-15-8-5-9-16-25/h4-9,13-16,22-23,26-27,29-30,32,46H,3,10-12,17-21H2,1-2H3,(H,39,49)(H,40,48)(H,41,50)(H,42,51)(H,43,47)/t23-,26+,27+,29-,30+,32+/m1/s1. The van der Waals surface area contributed by atoms with Gasteiger partial charge in [0.25, 0.3) is 5.91 Å². The fourth-order valence-corrected chi connectivity index (χ4v) is 6.53. The first-order valence-electron chi connectivity index (χ1n) is 18.1. The quantitative estimate of drug-likeness (QED) is 0.206. The summed E-state index contributed by atoms with van der Waals surface area (Å²) in [6.45, 7) is 3.56. The molecule has 6 N–H and O–H groups in total. The molecular weight excluding hydrogens is 682 g/mol. The number of benzene rings is 2. The van der Waals surface area contributed by atoms with E-state index in [2.05, 4.69) is 31.7 Å². The van der Waals surface area contributed by atoms with Crippen molar-refractivity contribution in [1.82, 2.24) is 36.6 Å². The Hall–Kier alpha value is -5.57. The molecular formula is C38H47N7O8. The van der Waals surface area contributed by atoms with E-state index >= 15 is 0 Å². The van der Waals surface area contributed by atoms with Crippen molar-refractivity contribution in [3.05, 3.63) is 78.1 Å². The molecule has 0 aliphatic carbocycles. The Kier molecular flexibility index (Phi) is 13.3. The second-order valence-electron chi connectivity index (χ2n) is 13.4. The molecule has 2 saturated heterocycles. The number of aromatic nitrogens is 1. The van der Waals surface area contributed by atoms with Crippen molar-refractivity contribution in [2.24, 2.45) is 0 Å². The monoisotopic (exact) mass is 729 g/mol. The maximum absolute atomic E-state index is 14.0. The van der Waals surface area contributed by atoms with Crippen LogP contribution in [0.2, 0.25) is 0 Å². The largest absolute Gasteiger partial charge is 0.391 e. The van der Waals surface area contributed by atoms with Crippen molar-refractivity contribution in [3.8, 4) is 11.3 Å². The highest BCUT2D eigenvalue weighted by Gasteiger charge is 2.39. The van der Waals surface area contributed by atoms with Gasteiger partial charge in [-0.15, -0.1) is 0 Å². The summed E-state index contributed by atoms with van der Waals surface area (Å²) in [5.74, 6) is -3.80. The molecule has 1 aromatic heterocycles. The minimum atomic E-state index is -1.49. The van der Waals surface area contributed by atoms with Crippen molar-refractivity contribution in [1.29, 1.82) is 0 Å². The molecule has 0 radical (unpaired) electrons. The van der Waals surface area contributed by atoms with Crippen LogP contribution in [0.15, 0.2) is 71.3 Å². The fourth-order valence-electron chi connectivity index (χ4n) is 6.53. The van der Waals surface area contributed by atoms with E-state index in [4.69, 9.17) is 4.52 Å².